The van der Waals surface area contributed by atoms with Gasteiger partial charge in [-0.05, 0) is 33.6 Å². The summed E-state index contributed by atoms with van der Waals surface area (Å²) in [5, 5.41) is 2.82. The van der Waals surface area contributed by atoms with Crippen LogP contribution in [0.3, 0.4) is 0 Å². The van der Waals surface area contributed by atoms with E-state index >= 15 is 0 Å². The molecule has 98 valence electrons. The van der Waals surface area contributed by atoms with Crippen LogP contribution in [0.25, 0.3) is 0 Å². The molecular weight excluding hydrogens is 216 g/mol. The summed E-state index contributed by atoms with van der Waals surface area (Å²) < 4.78 is 0. The summed E-state index contributed by atoms with van der Waals surface area (Å²) in [5.41, 5.74) is -1.47. The molecule has 1 unspecified atom stereocenters. The van der Waals surface area contributed by atoms with Gasteiger partial charge in [0, 0.05) is 6.54 Å². The smallest absolute Gasteiger partial charge is 0.248 e. The first-order valence-electron chi connectivity index (χ1n) is 6.44. The van der Waals surface area contributed by atoms with Crippen molar-refractivity contribution in [2.45, 2.75) is 65.0 Å². The number of amides is 2. The molecule has 0 aliphatic carbocycles. The highest BCUT2D eigenvalue weighted by Gasteiger charge is 2.51. The summed E-state index contributed by atoms with van der Waals surface area (Å²) in [6.45, 7) is 10.1. The lowest BCUT2D eigenvalue weighted by Gasteiger charge is -2.49. The lowest BCUT2D eigenvalue weighted by Crippen LogP contribution is -2.73. The molecule has 1 rings (SSSR count). The highest BCUT2D eigenvalue weighted by molar-refractivity contribution is 6.01. The molecule has 4 nitrogen and oxygen atoms in total. The van der Waals surface area contributed by atoms with Crippen molar-refractivity contribution in [3.05, 3.63) is 0 Å². The third-order valence-corrected chi connectivity index (χ3v) is 3.71. The van der Waals surface area contributed by atoms with E-state index in [4.69, 9.17) is 0 Å². The second kappa shape index (κ2) is 4.67. The molecule has 0 aromatic rings. The van der Waals surface area contributed by atoms with Crippen molar-refractivity contribution in [3.63, 3.8) is 0 Å². The molecule has 0 spiro atoms. The van der Waals surface area contributed by atoms with Gasteiger partial charge in [-0.1, -0.05) is 20.3 Å². The Bertz CT molecular complexity index is 325. The number of carbonyl (C=O) groups is 2. The molecule has 17 heavy (non-hydrogen) atoms. The number of piperazine rings is 1. The number of rotatable bonds is 4. The third kappa shape index (κ3) is 2.31. The SMILES string of the molecule is CCCCN1C(=O)C(C)(C)NC(=O)C1(C)CC. The van der Waals surface area contributed by atoms with E-state index in [1.807, 2.05) is 13.8 Å². The van der Waals surface area contributed by atoms with Crippen molar-refractivity contribution >= 4 is 11.8 Å². The van der Waals surface area contributed by atoms with E-state index in [0.29, 0.717) is 13.0 Å². The highest BCUT2D eigenvalue weighted by Crippen LogP contribution is 2.29. The van der Waals surface area contributed by atoms with Gasteiger partial charge in [-0.15, -0.1) is 0 Å². The van der Waals surface area contributed by atoms with E-state index in [-0.39, 0.29) is 11.8 Å². The van der Waals surface area contributed by atoms with Crippen LogP contribution in [0.15, 0.2) is 0 Å². The first-order chi connectivity index (χ1) is 7.79. The number of hydrogen-bond acceptors (Lipinski definition) is 2. The van der Waals surface area contributed by atoms with E-state index < -0.39 is 11.1 Å². The lowest BCUT2D eigenvalue weighted by atomic mass is 9.86. The van der Waals surface area contributed by atoms with Gasteiger partial charge in [0.2, 0.25) is 11.8 Å². The average molecular weight is 240 g/mol. The molecular formula is C13H24N2O2. The zero-order chi connectivity index (χ0) is 13.3. The third-order valence-electron chi connectivity index (χ3n) is 3.71. The number of nitrogens with zero attached hydrogens (tertiary/aromatic N) is 1. The van der Waals surface area contributed by atoms with Crippen molar-refractivity contribution < 1.29 is 9.59 Å². The van der Waals surface area contributed by atoms with Crippen LogP contribution >= 0.6 is 0 Å². The van der Waals surface area contributed by atoms with E-state index in [1.165, 1.54) is 0 Å². The number of unbranched alkanes of at least 4 members (excludes halogenated alkanes) is 1. The largest absolute Gasteiger partial charge is 0.340 e. The number of carbonyl (C=O) groups excluding carboxylic acids is 2. The van der Waals surface area contributed by atoms with Crippen LogP contribution in [-0.2, 0) is 9.59 Å². The molecule has 0 radical (unpaired) electrons. The maximum Gasteiger partial charge on any atom is 0.248 e. The second-order valence-corrected chi connectivity index (χ2v) is 5.52. The molecule has 1 aliphatic rings. The Hall–Kier alpha value is -1.06. The lowest BCUT2D eigenvalue weighted by molar-refractivity contribution is -0.161. The van der Waals surface area contributed by atoms with Crippen LogP contribution in [-0.4, -0.2) is 34.3 Å². The first-order valence-corrected chi connectivity index (χ1v) is 6.44. The minimum Gasteiger partial charge on any atom is -0.340 e. The maximum atomic E-state index is 12.4. The molecule has 1 atom stereocenters. The summed E-state index contributed by atoms with van der Waals surface area (Å²) in [6, 6.07) is 0. The zero-order valence-corrected chi connectivity index (χ0v) is 11.6. The fourth-order valence-electron chi connectivity index (χ4n) is 2.17. The molecule has 2 amide bonds. The monoisotopic (exact) mass is 240 g/mol. The molecule has 4 heteroatoms. The topological polar surface area (TPSA) is 49.4 Å². The van der Waals surface area contributed by atoms with E-state index in [2.05, 4.69) is 12.2 Å². The van der Waals surface area contributed by atoms with Gasteiger partial charge < -0.3 is 10.2 Å². The summed E-state index contributed by atoms with van der Waals surface area (Å²) in [4.78, 5) is 26.3. The van der Waals surface area contributed by atoms with Crippen LogP contribution < -0.4 is 5.32 Å². The molecule has 0 bridgehead atoms. The normalized spacial score (nSPS) is 28.2. The Morgan fingerprint density at radius 3 is 2.24 bits per heavy atom. The summed E-state index contributed by atoms with van der Waals surface area (Å²) in [6.07, 6.45) is 2.60. The van der Waals surface area contributed by atoms with Crippen molar-refractivity contribution in [2.75, 3.05) is 6.54 Å². The molecule has 0 aromatic carbocycles. The van der Waals surface area contributed by atoms with Gasteiger partial charge in [0.25, 0.3) is 0 Å². The predicted molar refractivity (Wildman–Crippen MR) is 67.5 cm³/mol. The second-order valence-electron chi connectivity index (χ2n) is 5.52. The quantitative estimate of drug-likeness (QED) is 0.813. The van der Waals surface area contributed by atoms with Crippen LogP contribution in [0.5, 0.6) is 0 Å². The average Bonchev–Trinajstić information content (AvgIpc) is 2.26. The molecule has 0 aromatic heterocycles. The Morgan fingerprint density at radius 2 is 1.76 bits per heavy atom. The fraction of sp³-hybridized carbons (Fsp3) is 0.846. The Labute approximate surface area is 104 Å². The predicted octanol–water partition coefficient (Wildman–Crippen LogP) is 1.69. The van der Waals surface area contributed by atoms with Gasteiger partial charge in [-0.3, -0.25) is 9.59 Å². The van der Waals surface area contributed by atoms with E-state index in [1.54, 1.807) is 18.7 Å². The molecule has 1 N–H and O–H groups in total. The molecule has 1 saturated heterocycles. The van der Waals surface area contributed by atoms with E-state index in [0.717, 1.165) is 12.8 Å². The van der Waals surface area contributed by atoms with Gasteiger partial charge in [0.1, 0.15) is 11.1 Å². The standard InChI is InChI=1S/C13H24N2O2/c1-6-8-9-15-11(17)12(3,4)14-10(16)13(15,5)7-2/h6-9H2,1-5H3,(H,14,16). The van der Waals surface area contributed by atoms with Crippen molar-refractivity contribution in [3.8, 4) is 0 Å². The van der Waals surface area contributed by atoms with Crippen molar-refractivity contribution in [1.82, 2.24) is 10.2 Å². The van der Waals surface area contributed by atoms with Crippen LogP contribution in [0.1, 0.15) is 53.9 Å². The van der Waals surface area contributed by atoms with E-state index in [9.17, 15) is 9.59 Å². The Kier molecular flexibility index (Phi) is 3.84. The fourth-order valence-corrected chi connectivity index (χ4v) is 2.17. The van der Waals surface area contributed by atoms with Crippen molar-refractivity contribution in [2.24, 2.45) is 0 Å². The maximum absolute atomic E-state index is 12.4. The molecule has 0 saturated carbocycles. The number of hydrogen-bond donors (Lipinski definition) is 1. The molecule has 1 heterocycles. The Balaban J connectivity index is 3.05. The number of nitrogens with one attached hydrogen (secondary N) is 1. The first kappa shape index (κ1) is 14.0. The van der Waals surface area contributed by atoms with Crippen LogP contribution in [0.2, 0.25) is 0 Å². The minimum absolute atomic E-state index is 0.0231. The van der Waals surface area contributed by atoms with Gasteiger partial charge in [0.05, 0.1) is 0 Å². The molecule has 1 aliphatic heterocycles. The van der Waals surface area contributed by atoms with Gasteiger partial charge in [-0.2, -0.15) is 0 Å². The van der Waals surface area contributed by atoms with Gasteiger partial charge in [0.15, 0.2) is 0 Å². The summed E-state index contributed by atoms with van der Waals surface area (Å²) in [7, 11) is 0. The minimum atomic E-state index is -0.778. The molecule has 1 fully saturated rings. The Morgan fingerprint density at radius 1 is 1.18 bits per heavy atom. The highest BCUT2D eigenvalue weighted by atomic mass is 16.2. The zero-order valence-electron chi connectivity index (χ0n) is 11.6. The van der Waals surface area contributed by atoms with Gasteiger partial charge >= 0.3 is 0 Å². The van der Waals surface area contributed by atoms with Gasteiger partial charge in [-0.25, -0.2) is 0 Å². The van der Waals surface area contributed by atoms with Crippen LogP contribution in [0.4, 0.5) is 0 Å². The summed E-state index contributed by atoms with van der Waals surface area (Å²) in [5.74, 6) is -0.0180. The van der Waals surface area contributed by atoms with Crippen molar-refractivity contribution in [1.29, 1.82) is 0 Å². The van der Waals surface area contributed by atoms with Crippen LogP contribution in [0, 0.1) is 0 Å². The summed E-state index contributed by atoms with van der Waals surface area (Å²) >= 11 is 0.